The number of allylic oxidation sites excluding steroid dienone is 2. The van der Waals surface area contributed by atoms with E-state index in [1.165, 1.54) is 24.3 Å². The first-order chi connectivity index (χ1) is 14.6. The predicted molar refractivity (Wildman–Crippen MR) is 116 cm³/mol. The topological polar surface area (TPSA) is 93.6 Å². The second-order valence-corrected chi connectivity index (χ2v) is 7.50. The molecule has 0 aliphatic carbocycles. The van der Waals surface area contributed by atoms with E-state index in [4.69, 9.17) is 0 Å². The molecule has 0 atom stereocenters. The van der Waals surface area contributed by atoms with Crippen molar-refractivity contribution in [1.82, 2.24) is 15.1 Å². The number of H-pyrrole nitrogens is 1. The lowest BCUT2D eigenvalue weighted by Gasteiger charge is -2.20. The van der Waals surface area contributed by atoms with Gasteiger partial charge in [-0.2, -0.15) is 18.3 Å². The smallest absolute Gasteiger partial charge is 0.395 e. The number of benzene rings is 1. The zero-order valence-corrected chi connectivity index (χ0v) is 17.7. The van der Waals surface area contributed by atoms with E-state index in [9.17, 15) is 23.1 Å². The van der Waals surface area contributed by atoms with Gasteiger partial charge in [-0.25, -0.2) is 4.99 Å². The molecule has 0 aliphatic heterocycles. The second kappa shape index (κ2) is 10.8. The van der Waals surface area contributed by atoms with Crippen LogP contribution < -0.4 is 5.32 Å². The number of aliphatic hydroxyl groups excluding tert-OH is 1. The summed E-state index contributed by atoms with van der Waals surface area (Å²) in [4.78, 5) is 18.4. The van der Waals surface area contributed by atoms with E-state index in [0.717, 1.165) is 0 Å². The maximum Gasteiger partial charge on any atom is 0.446 e. The number of aliphatic hydroxyl groups is 1. The van der Waals surface area contributed by atoms with Gasteiger partial charge in [-0.3, -0.25) is 9.89 Å². The predicted octanol–water partition coefficient (Wildman–Crippen LogP) is 3.90. The van der Waals surface area contributed by atoms with Gasteiger partial charge >= 0.3 is 5.51 Å². The third-order valence-corrected chi connectivity index (χ3v) is 4.78. The highest BCUT2D eigenvalue weighted by molar-refractivity contribution is 8.00. The van der Waals surface area contributed by atoms with Crippen LogP contribution in [0, 0.1) is 0 Å². The number of carbonyl (C=O) groups excluding carboxylic acids is 1. The summed E-state index contributed by atoms with van der Waals surface area (Å²) in [6, 6.07) is 7.07. The first-order valence-electron chi connectivity index (χ1n) is 9.02. The Kier molecular flexibility index (Phi) is 8.46. The average molecular weight is 453 g/mol. The molecule has 2 rings (SSSR count). The first-order valence-corrected chi connectivity index (χ1v) is 9.84. The van der Waals surface area contributed by atoms with Crippen LogP contribution in [0.25, 0.3) is 5.57 Å². The van der Waals surface area contributed by atoms with Gasteiger partial charge in [0.15, 0.2) is 0 Å². The lowest BCUT2D eigenvalue weighted by atomic mass is 10.1. The van der Waals surface area contributed by atoms with Crippen molar-refractivity contribution in [1.29, 1.82) is 0 Å². The monoisotopic (exact) mass is 453 g/mol. The van der Waals surface area contributed by atoms with E-state index in [1.54, 1.807) is 37.2 Å². The maximum absolute atomic E-state index is 12.6. The maximum atomic E-state index is 12.6. The van der Waals surface area contributed by atoms with Gasteiger partial charge in [0.05, 0.1) is 12.3 Å². The van der Waals surface area contributed by atoms with Crippen LogP contribution in [0.1, 0.15) is 12.6 Å². The molecule has 0 saturated heterocycles. The molecule has 11 heteroatoms. The van der Waals surface area contributed by atoms with Crippen LogP contribution >= 0.6 is 11.8 Å². The summed E-state index contributed by atoms with van der Waals surface area (Å²) < 4.78 is 37.3. The van der Waals surface area contributed by atoms with E-state index in [2.05, 4.69) is 27.2 Å². The molecule has 0 fully saturated rings. The van der Waals surface area contributed by atoms with Gasteiger partial charge in [0.1, 0.15) is 5.82 Å². The average Bonchev–Trinajstić information content (AvgIpc) is 3.22. The lowest BCUT2D eigenvalue weighted by Crippen LogP contribution is -2.22. The Morgan fingerprint density at radius 2 is 2.03 bits per heavy atom. The van der Waals surface area contributed by atoms with Crippen molar-refractivity contribution in [2.24, 2.45) is 4.99 Å². The molecule has 0 unspecified atom stereocenters. The number of anilines is 1. The van der Waals surface area contributed by atoms with Gasteiger partial charge in [0, 0.05) is 41.5 Å². The van der Waals surface area contributed by atoms with Crippen molar-refractivity contribution in [2.75, 3.05) is 25.5 Å². The number of likely N-dealkylation sites (N-methyl/N-ethyl adjacent to an activating group) is 1. The van der Waals surface area contributed by atoms with Gasteiger partial charge in [-0.1, -0.05) is 0 Å². The summed E-state index contributed by atoms with van der Waals surface area (Å²) in [6.45, 7) is 5.36. The molecule has 7 nitrogen and oxygen atoms in total. The molecule has 3 N–H and O–H groups in total. The molecule has 1 aromatic carbocycles. The Morgan fingerprint density at radius 1 is 1.35 bits per heavy atom. The number of nitrogens with zero attached hydrogens (tertiary/aromatic N) is 3. The number of carbonyl (C=O) groups is 1. The minimum atomic E-state index is -4.38. The van der Waals surface area contributed by atoms with Crippen molar-refractivity contribution in [3.63, 3.8) is 0 Å². The molecular formula is C20H22F3N5O2S. The zero-order valence-electron chi connectivity index (χ0n) is 16.9. The largest absolute Gasteiger partial charge is 0.446 e. The summed E-state index contributed by atoms with van der Waals surface area (Å²) in [6.07, 6.45) is 3.14. The number of alkyl halides is 3. The summed E-state index contributed by atoms with van der Waals surface area (Å²) in [5.74, 6) is -0.0135. The number of thioether (sulfide) groups is 1. The Morgan fingerprint density at radius 3 is 2.55 bits per heavy atom. The third kappa shape index (κ3) is 7.30. The van der Waals surface area contributed by atoms with E-state index < -0.39 is 11.4 Å². The van der Waals surface area contributed by atoms with Gasteiger partial charge < -0.3 is 15.3 Å². The summed E-state index contributed by atoms with van der Waals surface area (Å²) in [5, 5.41) is 18.6. The number of rotatable bonds is 9. The quantitative estimate of drug-likeness (QED) is 0.232. The van der Waals surface area contributed by atoms with Gasteiger partial charge in [-0.05, 0) is 61.8 Å². The van der Waals surface area contributed by atoms with Crippen molar-refractivity contribution in [3.8, 4) is 0 Å². The Hall–Kier alpha value is -3.05. The van der Waals surface area contributed by atoms with E-state index in [1.807, 2.05) is 0 Å². The molecule has 1 aromatic heterocycles. The molecular weight excluding hydrogens is 431 g/mol. The standard InChI is InChI=1S/C20H22F3N5O2S/c1-13(19(30)26-14-4-6-15(7-5-14)31-20(21,22)23)12-16(17-8-9-25-27-17)18(24-2)28(3)10-11-29/h4-9,12,29H,2,10-11H2,1,3H3,(H,25,27)(H,26,30)/b13-12+,18-16-. The highest BCUT2D eigenvalue weighted by Gasteiger charge is 2.29. The van der Waals surface area contributed by atoms with Crippen molar-refractivity contribution in [2.45, 2.75) is 17.3 Å². The highest BCUT2D eigenvalue weighted by Crippen LogP contribution is 2.37. The molecule has 1 heterocycles. The number of aromatic amines is 1. The second-order valence-electron chi connectivity index (χ2n) is 6.36. The Labute approximate surface area is 181 Å². The molecule has 1 amide bonds. The molecule has 0 saturated carbocycles. The van der Waals surface area contributed by atoms with E-state index in [-0.39, 0.29) is 23.3 Å². The highest BCUT2D eigenvalue weighted by atomic mass is 32.2. The molecule has 0 bridgehead atoms. The number of hydrogen-bond acceptors (Lipinski definition) is 6. The minimum absolute atomic E-state index is 0.0239. The van der Waals surface area contributed by atoms with Gasteiger partial charge in [0.25, 0.3) is 5.91 Å². The number of nitrogens with one attached hydrogen (secondary N) is 2. The normalized spacial score (nSPS) is 12.9. The fraction of sp³-hybridized carbons (Fsp3) is 0.250. The first kappa shape index (κ1) is 24.2. The number of aromatic nitrogens is 2. The van der Waals surface area contributed by atoms with Crippen LogP contribution in [0.4, 0.5) is 18.9 Å². The molecule has 0 aliphatic rings. The van der Waals surface area contributed by atoms with Gasteiger partial charge in [0.2, 0.25) is 0 Å². The van der Waals surface area contributed by atoms with Crippen LogP contribution in [0.3, 0.4) is 0 Å². The number of halogens is 3. The van der Waals surface area contributed by atoms with Gasteiger partial charge in [-0.15, -0.1) is 0 Å². The van der Waals surface area contributed by atoms with E-state index >= 15 is 0 Å². The van der Waals surface area contributed by atoms with Crippen LogP contribution in [0.5, 0.6) is 0 Å². The van der Waals surface area contributed by atoms with Crippen LogP contribution in [-0.4, -0.2) is 58.5 Å². The van der Waals surface area contributed by atoms with Crippen LogP contribution in [-0.2, 0) is 4.79 Å². The Bertz CT molecular complexity index is 954. The third-order valence-electron chi connectivity index (χ3n) is 4.04. The summed E-state index contributed by atoms with van der Waals surface area (Å²) in [7, 11) is 1.72. The number of amides is 1. The molecule has 0 radical (unpaired) electrons. The van der Waals surface area contributed by atoms with Crippen molar-refractivity contribution >= 4 is 35.6 Å². The van der Waals surface area contributed by atoms with Crippen LogP contribution in [0.15, 0.2) is 63.9 Å². The zero-order chi connectivity index (χ0) is 23.0. The number of hydrogen-bond donors (Lipinski definition) is 3. The fourth-order valence-corrected chi connectivity index (χ4v) is 3.13. The minimum Gasteiger partial charge on any atom is -0.395 e. The summed E-state index contributed by atoms with van der Waals surface area (Å²) in [5.41, 5.74) is -2.58. The fourth-order valence-electron chi connectivity index (χ4n) is 2.59. The SMILES string of the molecule is C=N/C(=C(\C=C(/C)C(=O)Nc1ccc(SC(F)(F)F)cc1)c1ccn[nH]1)N(C)CCO. The molecule has 166 valence electrons. The van der Waals surface area contributed by atoms with E-state index in [0.29, 0.717) is 34.9 Å². The van der Waals surface area contributed by atoms with Crippen molar-refractivity contribution < 1.29 is 23.1 Å². The summed E-state index contributed by atoms with van der Waals surface area (Å²) >= 11 is -0.225. The molecule has 31 heavy (non-hydrogen) atoms. The Balaban J connectivity index is 2.26. The number of aliphatic imine (C=N–C) groups is 1. The van der Waals surface area contributed by atoms with Crippen molar-refractivity contribution in [3.05, 3.63) is 59.7 Å². The lowest BCUT2D eigenvalue weighted by molar-refractivity contribution is -0.112. The molecule has 2 aromatic rings. The molecule has 0 spiro atoms. The van der Waals surface area contributed by atoms with Crippen LogP contribution in [0.2, 0.25) is 0 Å².